The van der Waals surface area contributed by atoms with Crippen LogP contribution in [0.4, 0.5) is 17.5 Å². The normalized spacial score (nSPS) is 20.8. The monoisotopic (exact) mass is 1600 g/mol. The lowest BCUT2D eigenvalue weighted by Gasteiger charge is -2.25. The second kappa shape index (κ2) is 36.4. The minimum atomic E-state index is -4.15. The number of rotatable bonds is 21. The number of carbonyl (C=O) groups excluding carboxylic acids is 2. The van der Waals surface area contributed by atoms with Crippen LogP contribution in [0.25, 0.3) is 84.9 Å². The van der Waals surface area contributed by atoms with Gasteiger partial charge in [-0.05, 0) is 67.5 Å². The molecule has 14 aromatic rings. The highest BCUT2D eigenvalue weighted by molar-refractivity contribution is 7.84. The maximum atomic E-state index is 12.9. The van der Waals surface area contributed by atoms with Crippen LogP contribution in [-0.4, -0.2) is 177 Å². The minimum Gasteiger partial charge on any atom is -0.456 e. The number of nitrogens with two attached hydrogens (primary N) is 1. The van der Waals surface area contributed by atoms with Crippen molar-refractivity contribution in [3.63, 3.8) is 0 Å². The summed E-state index contributed by atoms with van der Waals surface area (Å²) in [5.74, 6) is 0.282. The zero-order valence-electron chi connectivity index (χ0n) is 61.4. The summed E-state index contributed by atoms with van der Waals surface area (Å²) in [5.41, 5.74) is 11.3. The van der Waals surface area contributed by atoms with Crippen LogP contribution < -0.4 is 21.1 Å². The number of nitrogens with one attached hydrogen (secondary N) is 3. The highest BCUT2D eigenvalue weighted by atomic mass is 35.5. The third kappa shape index (κ3) is 18.5. The summed E-state index contributed by atoms with van der Waals surface area (Å²) < 4.78 is 43.7. The molecule has 0 radical (unpaired) electrons. The van der Waals surface area contributed by atoms with Gasteiger partial charge < -0.3 is 45.9 Å². The fraction of sp³-hybridized carbons (Fsp3) is 0.262. The Bertz CT molecular complexity index is 5810. The molecule has 9 aromatic heterocycles. The van der Waals surface area contributed by atoms with E-state index < -0.39 is 52.6 Å². The van der Waals surface area contributed by atoms with Gasteiger partial charge in [0.2, 0.25) is 0 Å². The Morgan fingerprint density at radius 2 is 0.810 bits per heavy atom. The highest BCUT2D eigenvalue weighted by Gasteiger charge is 2.46. The van der Waals surface area contributed by atoms with Crippen molar-refractivity contribution < 1.29 is 52.1 Å². The van der Waals surface area contributed by atoms with Crippen LogP contribution in [0.1, 0.15) is 68.7 Å². The molecule has 0 amide bonds. The summed E-state index contributed by atoms with van der Waals surface area (Å²) >= 11 is 6.41. The Kier molecular flexibility index (Phi) is 25.6. The van der Waals surface area contributed by atoms with Crippen LogP contribution >= 0.6 is 11.6 Å². The first-order chi connectivity index (χ1) is 55.4. The lowest BCUT2D eigenvalue weighted by Crippen LogP contribution is -2.36. The molecule has 0 unspecified atom stereocenters. The summed E-state index contributed by atoms with van der Waals surface area (Å²) in [4.78, 5) is 66.4. The van der Waals surface area contributed by atoms with E-state index in [0.717, 1.165) is 28.1 Å². The fourth-order valence-corrected chi connectivity index (χ4v) is 15.2. The maximum absolute atomic E-state index is 12.9. The van der Waals surface area contributed by atoms with Gasteiger partial charge in [0.1, 0.15) is 75.1 Å². The molecule has 30 nitrogen and oxygen atoms in total. The number of aromatic nitrogens is 15. The van der Waals surface area contributed by atoms with E-state index >= 15 is 0 Å². The minimum absolute atomic E-state index is 0. The Labute approximate surface area is 673 Å². The van der Waals surface area contributed by atoms with Crippen molar-refractivity contribution in [1.29, 1.82) is 0 Å². The molecule has 12 atom stereocenters. The Hall–Kier alpha value is -12.5. The first-order valence-corrected chi connectivity index (χ1v) is 38.7. The van der Waals surface area contributed by atoms with Gasteiger partial charge >= 0.3 is 22.2 Å². The first-order valence-electron chi connectivity index (χ1n) is 36.8. The van der Waals surface area contributed by atoms with E-state index in [9.17, 15) is 38.4 Å². The van der Waals surface area contributed by atoms with Crippen molar-refractivity contribution in [3.8, 4) is 67.9 Å². The zero-order chi connectivity index (χ0) is 79.0. The number of hydrogen-bond donors (Lipinski definition) is 8. The van der Waals surface area contributed by atoms with Crippen molar-refractivity contribution >= 4 is 68.2 Å². The number of halogens is 1. The smallest absolute Gasteiger partial charge is 0.338 e. The predicted molar refractivity (Wildman–Crippen MR) is 438 cm³/mol. The van der Waals surface area contributed by atoms with E-state index in [4.69, 9.17) is 46.4 Å². The molecule has 32 heteroatoms. The fourth-order valence-electron chi connectivity index (χ4n) is 14.6. The van der Waals surface area contributed by atoms with Crippen LogP contribution in [0, 0.1) is 29.6 Å². The number of benzene rings is 5. The van der Waals surface area contributed by atoms with Crippen molar-refractivity contribution in [2.45, 2.75) is 90.5 Å². The number of aliphatic hydroxyl groups is 4. The van der Waals surface area contributed by atoms with Crippen molar-refractivity contribution in [2.24, 2.45) is 34.7 Å². The van der Waals surface area contributed by atoms with E-state index in [2.05, 4.69) is 60.1 Å². The van der Waals surface area contributed by atoms with Gasteiger partial charge in [-0.15, -0.1) is 0 Å². The Balaban J connectivity index is 0.000000150. The van der Waals surface area contributed by atoms with E-state index in [1.165, 1.54) is 0 Å². The number of nitrogens with zero attached hydrogens (tertiary/aromatic N) is 15. The number of fused-ring (bicyclic) bond motifs is 3. The summed E-state index contributed by atoms with van der Waals surface area (Å²) in [5, 5.41) is 70.3. The second-order valence-corrected chi connectivity index (χ2v) is 29.7. The van der Waals surface area contributed by atoms with E-state index in [0.29, 0.717) is 98.2 Å². The van der Waals surface area contributed by atoms with Gasteiger partial charge in [0, 0.05) is 84.3 Å². The number of ether oxygens (including phenoxy) is 2. The predicted octanol–water partition coefficient (Wildman–Crippen LogP) is 11.5. The van der Waals surface area contributed by atoms with Crippen molar-refractivity contribution in [1.82, 2.24) is 73.7 Å². The lowest BCUT2D eigenvalue weighted by atomic mass is 9.98. The molecule has 5 aromatic carbocycles. The van der Waals surface area contributed by atoms with Crippen LogP contribution in [0.5, 0.6) is 0 Å². The molecule has 9 heterocycles. The van der Waals surface area contributed by atoms with Gasteiger partial charge in [0.25, 0.3) is 0 Å². The average Bonchev–Trinajstić information content (AvgIpc) is 1.63. The quantitative estimate of drug-likeness (QED) is 0.0245. The van der Waals surface area contributed by atoms with Crippen LogP contribution in [-0.2, 0) is 24.0 Å². The topological polar surface area (TPSA) is 407 Å². The lowest BCUT2D eigenvalue weighted by molar-refractivity contribution is 0.00776. The SMILES string of the molecule is C.C.C[C@@H]1[C@@H](CO)C[C@@H](Nc2cc(Cl)nc3cc(-c4cncc(-c5ccccc5)n4)nn23)[C@@H]1OC(=O)c1ccccc1.C[C@@H]1[C@@H](CO)C[C@@H](Nc2ccnc3cc(-c4cncc(-c5ccccc5)n4)nn23)[C@@H]1OC(=O)c1ccccc1.NS(=O)(=O)OC[C@H]1C[C@@H](Nc2ccnc3cc(-c4cncc(-c5ccccc5)n4)nn23)[C@H](O)[C@@H]1O. The van der Waals surface area contributed by atoms with Crippen LogP contribution in [0.3, 0.4) is 0 Å². The van der Waals surface area contributed by atoms with Gasteiger partial charge in [-0.2, -0.15) is 37.3 Å². The van der Waals surface area contributed by atoms with Crippen LogP contribution in [0.15, 0.2) is 238 Å². The summed E-state index contributed by atoms with van der Waals surface area (Å²) in [7, 11) is -4.15. The van der Waals surface area contributed by atoms with Gasteiger partial charge in [0.15, 0.2) is 16.9 Å². The summed E-state index contributed by atoms with van der Waals surface area (Å²) in [6.07, 6.45) is 11.6. The Morgan fingerprint density at radius 3 is 1.21 bits per heavy atom. The molecule has 596 valence electrons. The zero-order valence-corrected chi connectivity index (χ0v) is 63.0. The number of carbonyl (C=O) groups is 2. The van der Waals surface area contributed by atoms with E-state index in [1.807, 2.05) is 141 Å². The molecule has 0 spiro atoms. The summed E-state index contributed by atoms with van der Waals surface area (Å²) in [6, 6.07) is 56.8. The third-order valence-electron chi connectivity index (χ3n) is 20.7. The summed E-state index contributed by atoms with van der Waals surface area (Å²) in [6.45, 7) is 3.69. The molecule has 3 aliphatic rings. The number of anilines is 3. The maximum Gasteiger partial charge on any atom is 0.338 e. The van der Waals surface area contributed by atoms with Crippen molar-refractivity contribution in [2.75, 3.05) is 35.8 Å². The molecule has 116 heavy (non-hydrogen) atoms. The molecule has 0 aliphatic heterocycles. The number of hydrogen-bond acceptors (Lipinski definition) is 26. The van der Waals surface area contributed by atoms with Gasteiger partial charge in [-0.3, -0.25) is 19.1 Å². The third-order valence-corrected chi connectivity index (χ3v) is 21.3. The number of aliphatic hydroxyl groups excluding tert-OH is 4. The molecular formula is C84H86ClN19O11S. The van der Waals surface area contributed by atoms with Crippen LogP contribution in [0.2, 0.25) is 5.15 Å². The molecule has 0 bridgehead atoms. The van der Waals surface area contributed by atoms with Gasteiger partial charge in [-0.1, -0.05) is 168 Å². The molecule has 3 fully saturated rings. The van der Waals surface area contributed by atoms with Gasteiger partial charge in [0.05, 0.1) is 96.2 Å². The second-order valence-electron chi connectivity index (χ2n) is 28.0. The molecule has 17 rings (SSSR count). The van der Waals surface area contributed by atoms with Crippen molar-refractivity contribution in [3.05, 3.63) is 254 Å². The standard InChI is InChI=1S/C30H27ClN6O3.C30H28N6O3.C22H23N7O5S.2CH4/c1-18-21(17-38)12-23(29(18)40-30(39)20-10-6-3-7-11-20)34-28-14-26(31)35-27-13-22(36-37(27)28)25-16-32-15-24(33-25)19-8-4-2-5-9-19;1-19-22(18-37)14-24(29(19)39-30(38)21-10-6-3-7-11-21)34-27-12-13-32-28-15-23(35-36(27)28)26-17-31-16-25(33-26)20-8-4-2-5-9-20;23-35(32,33)34-12-14-8-16(22(31)21(14)30)27-19-6-7-25-20-9-15(28-29(19)20)18-11-24-10-17(26-18)13-4-2-1-3-5-13;;/h2-11,13-16,18,21,23,29,34,38H,12,17H2,1H3;2-13,15-17,19,22,24,29,34,37H,14,18H2,1H3;1-7,9-11,14,16,21-22,27,30-31H,8,12H2,(H2,23,32,33);2*1H4/t18-,21-,23-,29-;19-,22-,24-,29-;14-,16-,21-,22+;;/m111../s1. The largest absolute Gasteiger partial charge is 0.456 e. The Morgan fingerprint density at radius 1 is 0.457 bits per heavy atom. The van der Waals surface area contributed by atoms with E-state index in [1.54, 1.807) is 124 Å². The molecule has 0 saturated heterocycles. The number of esters is 2. The van der Waals surface area contributed by atoms with Gasteiger partial charge in [-0.25, -0.2) is 44.6 Å². The molecular weight excluding hydrogens is 1520 g/mol. The molecule has 3 aliphatic carbocycles. The first kappa shape index (κ1) is 81.6. The molecule has 3 saturated carbocycles. The average molecular weight is 1610 g/mol. The highest BCUT2D eigenvalue weighted by Crippen LogP contribution is 2.40. The van der Waals surface area contributed by atoms with E-state index in [-0.39, 0.29) is 88.0 Å². The molecule has 9 N–H and O–H groups in total.